The van der Waals surface area contributed by atoms with Gasteiger partial charge in [0.25, 0.3) is 5.69 Å². The predicted octanol–water partition coefficient (Wildman–Crippen LogP) is 1.91. The van der Waals surface area contributed by atoms with Crippen LogP contribution >= 0.6 is 0 Å². The van der Waals surface area contributed by atoms with Crippen molar-refractivity contribution in [3.8, 4) is 6.07 Å². The molecule has 0 aliphatic heterocycles. The van der Waals surface area contributed by atoms with Crippen LogP contribution in [0, 0.1) is 21.4 Å². The molecule has 90 valence electrons. The summed E-state index contributed by atoms with van der Waals surface area (Å²) in [7, 11) is 0. The molecule has 0 saturated heterocycles. The molecule has 0 unspecified atom stereocenters. The molecular formula is C12H10N4O2. The van der Waals surface area contributed by atoms with Gasteiger partial charge in [-0.25, -0.2) is 4.98 Å². The lowest BCUT2D eigenvalue weighted by molar-refractivity contribution is -0.385. The van der Waals surface area contributed by atoms with Crippen LogP contribution in [-0.4, -0.2) is 14.5 Å². The van der Waals surface area contributed by atoms with Crippen LogP contribution < -0.4 is 0 Å². The molecule has 0 saturated carbocycles. The number of nitriles is 1. The summed E-state index contributed by atoms with van der Waals surface area (Å²) >= 11 is 0. The van der Waals surface area contributed by atoms with Gasteiger partial charge in [0.15, 0.2) is 0 Å². The van der Waals surface area contributed by atoms with E-state index in [1.54, 1.807) is 29.0 Å². The molecule has 1 heterocycles. The van der Waals surface area contributed by atoms with Gasteiger partial charge in [-0.2, -0.15) is 5.26 Å². The standard InChI is InChI=1S/C12H10N4O2/c13-9-12-14-6-8-15(12)7-5-10-3-1-2-4-11(10)16(17)18/h1-4,6,8H,5,7H2. The highest BCUT2D eigenvalue weighted by Gasteiger charge is 2.12. The quantitative estimate of drug-likeness (QED) is 0.605. The summed E-state index contributed by atoms with van der Waals surface area (Å²) in [5, 5.41) is 19.6. The molecule has 0 spiro atoms. The van der Waals surface area contributed by atoms with Crippen LogP contribution in [0.3, 0.4) is 0 Å². The van der Waals surface area contributed by atoms with Gasteiger partial charge in [-0.05, 0) is 6.42 Å². The second-order valence-electron chi connectivity index (χ2n) is 3.69. The summed E-state index contributed by atoms with van der Waals surface area (Å²) in [5.74, 6) is 0.314. The van der Waals surface area contributed by atoms with E-state index < -0.39 is 4.92 Å². The smallest absolute Gasteiger partial charge is 0.272 e. The molecule has 1 aromatic carbocycles. The highest BCUT2D eigenvalue weighted by Crippen LogP contribution is 2.18. The molecule has 2 rings (SSSR count). The van der Waals surface area contributed by atoms with Crippen LogP contribution in [0.1, 0.15) is 11.4 Å². The number of imidazole rings is 1. The van der Waals surface area contributed by atoms with E-state index in [0.29, 0.717) is 24.4 Å². The molecule has 0 radical (unpaired) electrons. The van der Waals surface area contributed by atoms with Gasteiger partial charge in [-0.1, -0.05) is 18.2 Å². The monoisotopic (exact) mass is 242 g/mol. The van der Waals surface area contributed by atoms with Gasteiger partial charge in [0, 0.05) is 30.6 Å². The lowest BCUT2D eigenvalue weighted by Gasteiger charge is -2.04. The zero-order chi connectivity index (χ0) is 13.0. The van der Waals surface area contributed by atoms with Crippen molar-refractivity contribution in [2.75, 3.05) is 0 Å². The van der Waals surface area contributed by atoms with Crippen molar-refractivity contribution in [2.24, 2.45) is 0 Å². The second kappa shape index (κ2) is 5.10. The van der Waals surface area contributed by atoms with Crippen molar-refractivity contribution in [1.29, 1.82) is 5.26 Å². The van der Waals surface area contributed by atoms with Crippen LogP contribution in [-0.2, 0) is 13.0 Å². The number of nitro benzene ring substituents is 1. The van der Waals surface area contributed by atoms with Crippen molar-refractivity contribution >= 4 is 5.69 Å². The number of para-hydroxylation sites is 1. The minimum absolute atomic E-state index is 0.108. The Morgan fingerprint density at radius 1 is 1.44 bits per heavy atom. The van der Waals surface area contributed by atoms with Gasteiger partial charge in [0.05, 0.1) is 4.92 Å². The molecule has 0 atom stereocenters. The summed E-state index contributed by atoms with van der Waals surface area (Å²) in [6, 6.07) is 8.57. The van der Waals surface area contributed by atoms with Crippen LogP contribution in [0.2, 0.25) is 0 Å². The Bertz CT molecular complexity index is 613. The Labute approximate surface area is 103 Å². The Hall–Kier alpha value is -2.68. The maximum absolute atomic E-state index is 10.8. The predicted molar refractivity (Wildman–Crippen MR) is 63.7 cm³/mol. The average molecular weight is 242 g/mol. The first-order valence-electron chi connectivity index (χ1n) is 5.36. The third-order valence-electron chi connectivity index (χ3n) is 2.63. The largest absolute Gasteiger partial charge is 0.322 e. The Morgan fingerprint density at radius 2 is 2.22 bits per heavy atom. The first kappa shape index (κ1) is 11.8. The highest BCUT2D eigenvalue weighted by atomic mass is 16.6. The molecule has 0 bridgehead atoms. The van der Waals surface area contributed by atoms with E-state index in [4.69, 9.17) is 5.26 Å². The lowest BCUT2D eigenvalue weighted by atomic mass is 10.1. The van der Waals surface area contributed by atoms with E-state index in [0.717, 1.165) is 0 Å². The second-order valence-corrected chi connectivity index (χ2v) is 3.69. The number of aromatic nitrogens is 2. The van der Waals surface area contributed by atoms with Crippen molar-refractivity contribution in [1.82, 2.24) is 9.55 Å². The molecule has 6 nitrogen and oxygen atoms in total. The van der Waals surface area contributed by atoms with E-state index >= 15 is 0 Å². The molecule has 0 fully saturated rings. The average Bonchev–Trinajstić information content (AvgIpc) is 2.84. The molecule has 0 aliphatic carbocycles. The third kappa shape index (κ3) is 2.35. The third-order valence-corrected chi connectivity index (χ3v) is 2.63. The molecule has 1 aromatic heterocycles. The van der Waals surface area contributed by atoms with Gasteiger partial charge in [0.2, 0.25) is 5.82 Å². The summed E-state index contributed by atoms with van der Waals surface area (Å²) in [6.07, 6.45) is 3.72. The van der Waals surface area contributed by atoms with Gasteiger partial charge in [0.1, 0.15) is 6.07 Å². The van der Waals surface area contributed by atoms with E-state index in [2.05, 4.69) is 4.98 Å². The van der Waals surface area contributed by atoms with Gasteiger partial charge >= 0.3 is 0 Å². The number of nitrogens with zero attached hydrogens (tertiary/aromatic N) is 4. The summed E-state index contributed by atoms with van der Waals surface area (Å²) < 4.78 is 1.68. The first-order chi connectivity index (χ1) is 8.72. The van der Waals surface area contributed by atoms with Crippen molar-refractivity contribution in [2.45, 2.75) is 13.0 Å². The Morgan fingerprint density at radius 3 is 2.94 bits per heavy atom. The maximum atomic E-state index is 10.8. The molecule has 18 heavy (non-hydrogen) atoms. The van der Waals surface area contributed by atoms with Gasteiger partial charge in [-0.15, -0.1) is 0 Å². The zero-order valence-corrected chi connectivity index (χ0v) is 9.48. The van der Waals surface area contributed by atoms with E-state index in [1.807, 2.05) is 6.07 Å². The highest BCUT2D eigenvalue weighted by molar-refractivity contribution is 5.39. The fourth-order valence-corrected chi connectivity index (χ4v) is 1.74. The Balaban J connectivity index is 2.16. The van der Waals surface area contributed by atoms with E-state index in [9.17, 15) is 10.1 Å². The summed E-state index contributed by atoms with van der Waals surface area (Å²) in [4.78, 5) is 14.3. The zero-order valence-electron chi connectivity index (χ0n) is 9.48. The normalized spacial score (nSPS) is 9.94. The minimum Gasteiger partial charge on any atom is -0.322 e. The van der Waals surface area contributed by atoms with Crippen molar-refractivity contribution < 1.29 is 4.92 Å². The number of rotatable bonds is 4. The van der Waals surface area contributed by atoms with Gasteiger partial charge in [-0.3, -0.25) is 10.1 Å². The van der Waals surface area contributed by atoms with Crippen molar-refractivity contribution in [3.63, 3.8) is 0 Å². The SMILES string of the molecule is N#Cc1nccn1CCc1ccccc1[N+](=O)[O-]. The number of hydrogen-bond acceptors (Lipinski definition) is 4. The molecule has 0 aliphatic rings. The minimum atomic E-state index is -0.394. The number of nitro groups is 1. The molecule has 6 heteroatoms. The summed E-state index contributed by atoms with van der Waals surface area (Å²) in [6.45, 7) is 0.494. The molecule has 0 amide bonds. The topological polar surface area (TPSA) is 84.8 Å². The summed E-state index contributed by atoms with van der Waals surface area (Å²) in [5.41, 5.74) is 0.760. The Kier molecular flexibility index (Phi) is 3.34. The maximum Gasteiger partial charge on any atom is 0.272 e. The molecular weight excluding hydrogens is 232 g/mol. The fraction of sp³-hybridized carbons (Fsp3) is 0.167. The van der Waals surface area contributed by atoms with Crippen LogP contribution in [0.4, 0.5) is 5.69 Å². The van der Waals surface area contributed by atoms with Gasteiger partial charge < -0.3 is 4.57 Å². The number of aryl methyl sites for hydroxylation is 2. The fourth-order valence-electron chi connectivity index (χ4n) is 1.74. The number of benzene rings is 1. The molecule has 2 aromatic rings. The molecule has 0 N–H and O–H groups in total. The van der Waals surface area contributed by atoms with Crippen LogP contribution in [0.25, 0.3) is 0 Å². The first-order valence-corrected chi connectivity index (χ1v) is 5.36. The number of hydrogen-bond donors (Lipinski definition) is 0. The lowest BCUT2D eigenvalue weighted by Crippen LogP contribution is -2.04. The van der Waals surface area contributed by atoms with E-state index in [-0.39, 0.29) is 5.69 Å². The van der Waals surface area contributed by atoms with E-state index in [1.165, 1.54) is 12.3 Å². The van der Waals surface area contributed by atoms with Crippen LogP contribution in [0.5, 0.6) is 0 Å². The van der Waals surface area contributed by atoms with Crippen LogP contribution in [0.15, 0.2) is 36.7 Å². The van der Waals surface area contributed by atoms with Crippen molar-refractivity contribution in [3.05, 3.63) is 58.2 Å².